The molecule has 2 heterocycles. The molecule has 9 heteroatoms. The third kappa shape index (κ3) is 4.17. The van der Waals surface area contributed by atoms with Crippen molar-refractivity contribution in [3.8, 4) is 0 Å². The zero-order valence-electron chi connectivity index (χ0n) is 16.4. The van der Waals surface area contributed by atoms with Crippen molar-refractivity contribution in [1.82, 2.24) is 0 Å². The van der Waals surface area contributed by atoms with E-state index >= 15 is 0 Å². The summed E-state index contributed by atoms with van der Waals surface area (Å²) in [6.45, 7) is 2.16. The van der Waals surface area contributed by atoms with E-state index in [9.17, 15) is 13.2 Å². The second-order valence-electron chi connectivity index (χ2n) is 8.48. The van der Waals surface area contributed by atoms with E-state index in [0.717, 1.165) is 18.4 Å². The van der Waals surface area contributed by atoms with Gasteiger partial charge in [0, 0.05) is 11.3 Å². The number of hydrogen-bond acceptors (Lipinski definition) is 7. The van der Waals surface area contributed by atoms with Gasteiger partial charge >= 0.3 is 5.97 Å². The summed E-state index contributed by atoms with van der Waals surface area (Å²) >= 11 is 0. The van der Waals surface area contributed by atoms with Gasteiger partial charge in [-0.3, -0.25) is 4.18 Å². The van der Waals surface area contributed by atoms with Gasteiger partial charge in [0.2, 0.25) is 0 Å². The Labute approximate surface area is 170 Å². The molecular formula is C20H26N2O6S. The first-order valence-electron chi connectivity index (χ1n) is 9.89. The summed E-state index contributed by atoms with van der Waals surface area (Å²) in [5, 5.41) is 3.76. The minimum atomic E-state index is -3.84. The summed E-state index contributed by atoms with van der Waals surface area (Å²) < 4.78 is 36.2. The van der Waals surface area contributed by atoms with Crippen LogP contribution in [0.15, 0.2) is 34.3 Å². The van der Waals surface area contributed by atoms with E-state index < -0.39 is 27.1 Å². The molecule has 8 nitrogen and oxygen atoms in total. The maximum atomic E-state index is 12.5. The second kappa shape index (κ2) is 7.37. The van der Waals surface area contributed by atoms with E-state index in [-0.39, 0.29) is 24.0 Å². The normalized spacial score (nSPS) is 29.6. The van der Waals surface area contributed by atoms with Gasteiger partial charge in [-0.25, -0.2) is 4.79 Å². The van der Waals surface area contributed by atoms with Gasteiger partial charge in [-0.2, -0.15) is 8.42 Å². The Morgan fingerprint density at radius 3 is 2.41 bits per heavy atom. The van der Waals surface area contributed by atoms with Crippen molar-refractivity contribution in [3.05, 3.63) is 29.8 Å². The van der Waals surface area contributed by atoms with Gasteiger partial charge in [-0.15, -0.1) is 0 Å². The average Bonchev–Trinajstić information content (AvgIpc) is 3.58. The molecule has 1 aromatic rings. The van der Waals surface area contributed by atoms with Crippen LogP contribution in [-0.4, -0.2) is 39.0 Å². The van der Waals surface area contributed by atoms with Crippen LogP contribution >= 0.6 is 0 Å². The predicted molar refractivity (Wildman–Crippen MR) is 104 cm³/mol. The van der Waals surface area contributed by atoms with Crippen LogP contribution in [0.2, 0.25) is 0 Å². The molecule has 2 aliphatic heterocycles. The summed E-state index contributed by atoms with van der Waals surface area (Å²) in [5.41, 5.74) is 5.30. The Bertz CT molecular complexity index is 896. The van der Waals surface area contributed by atoms with Gasteiger partial charge in [0.05, 0.1) is 18.1 Å². The van der Waals surface area contributed by atoms with Crippen LogP contribution in [0.5, 0.6) is 0 Å². The van der Waals surface area contributed by atoms with Crippen LogP contribution < -0.4 is 5.73 Å². The zero-order chi connectivity index (χ0) is 20.7. The van der Waals surface area contributed by atoms with Crippen molar-refractivity contribution < 1.29 is 27.0 Å². The lowest BCUT2D eigenvalue weighted by atomic mass is 9.66. The van der Waals surface area contributed by atoms with E-state index in [1.54, 1.807) is 12.1 Å². The number of ether oxygens (including phenoxy) is 1. The topological polar surface area (TPSA) is 117 Å². The van der Waals surface area contributed by atoms with Crippen LogP contribution in [0.4, 0.5) is 0 Å². The van der Waals surface area contributed by atoms with Crippen molar-refractivity contribution in [2.24, 2.45) is 22.2 Å². The van der Waals surface area contributed by atoms with Crippen LogP contribution in [0.1, 0.15) is 44.1 Å². The fraction of sp³-hybridized carbons (Fsp3) is 0.600. The summed E-state index contributed by atoms with van der Waals surface area (Å²) in [7, 11) is -3.84. The molecule has 0 amide bonds. The molecule has 2 saturated heterocycles. The number of oxime groups is 1. The van der Waals surface area contributed by atoms with Crippen molar-refractivity contribution in [2.45, 2.75) is 55.9 Å². The number of hydrogen-bond donors (Lipinski definition) is 1. The summed E-state index contributed by atoms with van der Waals surface area (Å²) in [5.74, 6) is 0.0484. The summed E-state index contributed by atoms with van der Waals surface area (Å²) in [6.07, 6.45) is 4.07. The molecule has 0 spiro atoms. The third-order valence-corrected chi connectivity index (χ3v) is 7.48. The Kier molecular flexibility index (Phi) is 5.16. The first-order valence-corrected chi connectivity index (χ1v) is 11.3. The fourth-order valence-electron chi connectivity index (χ4n) is 3.82. The molecule has 0 unspecified atom stereocenters. The SMILES string of the molecule is Cc1ccc(S(=O)(=O)OCC23CCC(C(=O)O/N=C(\N)C4CC4)(CC2)OC3)cc1. The largest absolute Gasteiger partial charge is 0.384 e. The van der Waals surface area contributed by atoms with Crippen LogP contribution in [0, 0.1) is 18.3 Å². The van der Waals surface area contributed by atoms with Crippen LogP contribution in [0.3, 0.4) is 0 Å². The quantitative estimate of drug-likeness (QED) is 0.235. The van der Waals surface area contributed by atoms with Gasteiger partial charge in [-0.1, -0.05) is 22.9 Å². The molecule has 1 aromatic carbocycles. The fourth-order valence-corrected chi connectivity index (χ4v) is 4.83. The number of fused-ring (bicyclic) bond motifs is 3. The number of nitrogens with two attached hydrogens (primary N) is 1. The van der Waals surface area contributed by atoms with Crippen molar-refractivity contribution in [2.75, 3.05) is 13.2 Å². The molecule has 2 bridgehead atoms. The van der Waals surface area contributed by atoms with E-state index in [4.69, 9.17) is 19.5 Å². The highest BCUT2D eigenvalue weighted by Gasteiger charge is 2.55. The van der Waals surface area contributed by atoms with Crippen molar-refractivity contribution in [3.63, 3.8) is 0 Å². The molecule has 5 rings (SSSR count). The first kappa shape index (κ1) is 20.3. The molecule has 0 radical (unpaired) electrons. The average molecular weight is 423 g/mol. The van der Waals surface area contributed by atoms with Gasteiger partial charge in [0.15, 0.2) is 5.60 Å². The van der Waals surface area contributed by atoms with E-state index in [1.165, 1.54) is 12.1 Å². The predicted octanol–water partition coefficient (Wildman–Crippen LogP) is 2.26. The summed E-state index contributed by atoms with van der Waals surface area (Å²) in [6, 6.07) is 6.54. The lowest BCUT2D eigenvalue weighted by Gasteiger charge is -2.50. The molecule has 0 atom stereocenters. The van der Waals surface area contributed by atoms with Gasteiger partial charge in [0.1, 0.15) is 5.84 Å². The van der Waals surface area contributed by atoms with Crippen molar-refractivity contribution >= 4 is 21.9 Å². The second-order valence-corrected chi connectivity index (χ2v) is 10.1. The van der Waals surface area contributed by atoms with E-state index in [2.05, 4.69) is 5.16 Å². The maximum absolute atomic E-state index is 12.5. The highest BCUT2D eigenvalue weighted by molar-refractivity contribution is 7.86. The highest BCUT2D eigenvalue weighted by Crippen LogP contribution is 2.49. The third-order valence-electron chi connectivity index (χ3n) is 6.20. The van der Waals surface area contributed by atoms with Crippen LogP contribution in [0.25, 0.3) is 0 Å². The molecule has 2 saturated carbocycles. The number of rotatable bonds is 7. The van der Waals surface area contributed by atoms with Crippen LogP contribution in [-0.2, 0) is 28.7 Å². The Balaban J connectivity index is 1.35. The number of benzene rings is 1. The molecule has 4 aliphatic rings. The van der Waals surface area contributed by atoms with E-state index in [1.807, 2.05) is 6.92 Å². The number of amidine groups is 1. The zero-order valence-corrected chi connectivity index (χ0v) is 17.2. The van der Waals surface area contributed by atoms with Crippen molar-refractivity contribution in [1.29, 1.82) is 0 Å². The lowest BCUT2D eigenvalue weighted by molar-refractivity contribution is -0.215. The smallest absolute Gasteiger partial charge is 0.366 e. The maximum Gasteiger partial charge on any atom is 0.366 e. The number of carbonyl (C=O) groups excluding carboxylic acids is 1. The molecular weight excluding hydrogens is 396 g/mol. The standard InChI is InChI=1S/C20H26N2O6S/c1-14-2-6-16(7-3-14)29(24,25)27-13-19-8-10-20(11-9-19,26-12-19)18(23)28-22-17(21)15-4-5-15/h2-3,6-7,15H,4-5,8-13H2,1H3,(H2,21,22). The monoisotopic (exact) mass is 422 g/mol. The molecule has 2 N–H and O–H groups in total. The Hall–Kier alpha value is -1.97. The number of aryl methyl sites for hydroxylation is 1. The van der Waals surface area contributed by atoms with Gasteiger partial charge < -0.3 is 15.3 Å². The molecule has 29 heavy (non-hydrogen) atoms. The minimum Gasteiger partial charge on any atom is -0.384 e. The van der Waals surface area contributed by atoms with Gasteiger partial charge in [0.25, 0.3) is 10.1 Å². The minimum absolute atomic E-state index is 0.0289. The van der Waals surface area contributed by atoms with E-state index in [0.29, 0.717) is 31.5 Å². The lowest BCUT2D eigenvalue weighted by Crippen LogP contribution is -2.57. The Morgan fingerprint density at radius 2 is 1.86 bits per heavy atom. The summed E-state index contributed by atoms with van der Waals surface area (Å²) in [4.78, 5) is 17.7. The molecule has 2 aliphatic carbocycles. The molecule has 0 aromatic heterocycles. The number of carbonyl (C=O) groups is 1. The molecule has 4 fully saturated rings. The Morgan fingerprint density at radius 1 is 1.21 bits per heavy atom. The number of nitrogens with zero attached hydrogens (tertiary/aromatic N) is 1. The van der Waals surface area contributed by atoms with Gasteiger partial charge in [-0.05, 0) is 57.6 Å². The highest BCUT2D eigenvalue weighted by atomic mass is 32.2. The first-order chi connectivity index (χ1) is 13.7. The molecule has 158 valence electrons.